The highest BCUT2D eigenvalue weighted by molar-refractivity contribution is 5.31. The van der Waals surface area contributed by atoms with Gasteiger partial charge in [0.15, 0.2) is 11.6 Å². The SMILES string of the molecule is CNC(c1ccoc1)c1cc(F)c(F)cc1F. The van der Waals surface area contributed by atoms with Crippen molar-refractivity contribution in [3.63, 3.8) is 0 Å². The lowest BCUT2D eigenvalue weighted by Crippen LogP contribution is -2.19. The zero-order valence-corrected chi connectivity index (χ0v) is 9.01. The highest BCUT2D eigenvalue weighted by atomic mass is 19.2. The molecule has 0 bridgehead atoms. The third-order valence-corrected chi connectivity index (χ3v) is 2.52. The summed E-state index contributed by atoms with van der Waals surface area (Å²) in [6.45, 7) is 0. The van der Waals surface area contributed by atoms with Gasteiger partial charge in [0.1, 0.15) is 5.82 Å². The summed E-state index contributed by atoms with van der Waals surface area (Å²) in [5, 5.41) is 2.82. The van der Waals surface area contributed by atoms with E-state index < -0.39 is 23.5 Å². The Bertz CT molecular complexity index is 511. The van der Waals surface area contributed by atoms with E-state index in [1.807, 2.05) is 0 Å². The fourth-order valence-corrected chi connectivity index (χ4v) is 1.70. The number of hydrogen-bond donors (Lipinski definition) is 1. The van der Waals surface area contributed by atoms with Gasteiger partial charge >= 0.3 is 0 Å². The maximum atomic E-state index is 13.6. The Labute approximate surface area is 96.1 Å². The van der Waals surface area contributed by atoms with Gasteiger partial charge in [-0.15, -0.1) is 0 Å². The molecule has 90 valence electrons. The van der Waals surface area contributed by atoms with Gasteiger partial charge in [-0.05, 0) is 19.2 Å². The Morgan fingerprint density at radius 3 is 2.41 bits per heavy atom. The van der Waals surface area contributed by atoms with Crippen LogP contribution < -0.4 is 5.32 Å². The minimum Gasteiger partial charge on any atom is -0.472 e. The normalized spacial score (nSPS) is 12.7. The predicted molar refractivity (Wildman–Crippen MR) is 55.9 cm³/mol. The molecule has 5 heteroatoms. The molecule has 0 saturated carbocycles. The molecule has 2 aromatic rings. The predicted octanol–water partition coefficient (Wildman–Crippen LogP) is 3.01. The van der Waals surface area contributed by atoms with Crippen LogP contribution in [0.5, 0.6) is 0 Å². The van der Waals surface area contributed by atoms with E-state index in [0.717, 1.165) is 6.07 Å². The van der Waals surface area contributed by atoms with Crippen molar-refractivity contribution in [2.45, 2.75) is 6.04 Å². The number of furan rings is 1. The van der Waals surface area contributed by atoms with E-state index in [2.05, 4.69) is 5.32 Å². The molecule has 1 aromatic carbocycles. The lowest BCUT2D eigenvalue weighted by molar-refractivity contribution is 0.482. The van der Waals surface area contributed by atoms with Crippen LogP contribution in [0, 0.1) is 17.5 Å². The molecule has 0 aliphatic carbocycles. The third kappa shape index (κ3) is 2.19. The van der Waals surface area contributed by atoms with Gasteiger partial charge in [-0.25, -0.2) is 13.2 Å². The van der Waals surface area contributed by atoms with Crippen LogP contribution in [0.25, 0.3) is 0 Å². The van der Waals surface area contributed by atoms with Crippen molar-refractivity contribution in [2.24, 2.45) is 0 Å². The molecule has 0 saturated heterocycles. The number of benzene rings is 1. The molecule has 2 nitrogen and oxygen atoms in total. The lowest BCUT2D eigenvalue weighted by Gasteiger charge is -2.15. The molecule has 2 rings (SSSR count). The van der Waals surface area contributed by atoms with Crippen LogP contribution >= 0.6 is 0 Å². The summed E-state index contributed by atoms with van der Waals surface area (Å²) in [4.78, 5) is 0. The standard InChI is InChI=1S/C12H10F3NO/c1-16-12(7-2-3-17-6-7)8-4-10(14)11(15)5-9(8)13/h2-6,12,16H,1H3. The van der Waals surface area contributed by atoms with E-state index in [-0.39, 0.29) is 5.56 Å². The number of rotatable bonds is 3. The van der Waals surface area contributed by atoms with Gasteiger partial charge in [0, 0.05) is 17.2 Å². The van der Waals surface area contributed by atoms with E-state index in [4.69, 9.17) is 4.42 Å². The van der Waals surface area contributed by atoms with E-state index in [1.54, 1.807) is 13.1 Å². The van der Waals surface area contributed by atoms with Gasteiger partial charge in [-0.1, -0.05) is 0 Å². The molecule has 0 fully saturated rings. The molecule has 17 heavy (non-hydrogen) atoms. The zero-order valence-electron chi connectivity index (χ0n) is 9.01. The van der Waals surface area contributed by atoms with Gasteiger partial charge in [-0.3, -0.25) is 0 Å². The first-order valence-corrected chi connectivity index (χ1v) is 4.97. The minimum atomic E-state index is -1.20. The topological polar surface area (TPSA) is 25.2 Å². The van der Waals surface area contributed by atoms with Crippen LogP contribution in [-0.2, 0) is 0 Å². The fraction of sp³-hybridized carbons (Fsp3) is 0.167. The highest BCUT2D eigenvalue weighted by Crippen LogP contribution is 2.26. The van der Waals surface area contributed by atoms with Crippen molar-refractivity contribution in [3.05, 3.63) is 59.3 Å². The third-order valence-electron chi connectivity index (χ3n) is 2.52. The van der Waals surface area contributed by atoms with Crippen LogP contribution in [0.3, 0.4) is 0 Å². The molecular weight excluding hydrogens is 231 g/mol. The van der Waals surface area contributed by atoms with Gasteiger partial charge in [-0.2, -0.15) is 0 Å². The van der Waals surface area contributed by atoms with E-state index in [9.17, 15) is 13.2 Å². The molecule has 1 N–H and O–H groups in total. The summed E-state index contributed by atoms with van der Waals surface area (Å²) in [7, 11) is 1.60. The Hall–Kier alpha value is -1.75. The van der Waals surface area contributed by atoms with Crippen molar-refractivity contribution < 1.29 is 17.6 Å². The van der Waals surface area contributed by atoms with Crippen molar-refractivity contribution in [2.75, 3.05) is 7.05 Å². The van der Waals surface area contributed by atoms with Gasteiger partial charge in [0.2, 0.25) is 0 Å². The van der Waals surface area contributed by atoms with Crippen LogP contribution in [-0.4, -0.2) is 7.05 Å². The van der Waals surface area contributed by atoms with Crippen LogP contribution in [0.4, 0.5) is 13.2 Å². The van der Waals surface area contributed by atoms with Crippen LogP contribution in [0.2, 0.25) is 0 Å². The average molecular weight is 241 g/mol. The van der Waals surface area contributed by atoms with Crippen molar-refractivity contribution in [1.29, 1.82) is 0 Å². The maximum absolute atomic E-state index is 13.6. The summed E-state index contributed by atoms with van der Waals surface area (Å²) in [6.07, 6.45) is 2.85. The Kier molecular flexibility index (Phi) is 3.19. The number of nitrogens with one attached hydrogen (secondary N) is 1. The van der Waals surface area contributed by atoms with Crippen molar-refractivity contribution >= 4 is 0 Å². The van der Waals surface area contributed by atoms with Crippen molar-refractivity contribution in [3.8, 4) is 0 Å². The quantitative estimate of drug-likeness (QED) is 0.835. The summed E-state index contributed by atoms with van der Waals surface area (Å²) < 4.78 is 44.4. The minimum absolute atomic E-state index is 0.0350. The first kappa shape index (κ1) is 11.7. The molecule has 0 radical (unpaired) electrons. The Balaban J connectivity index is 2.48. The van der Waals surface area contributed by atoms with E-state index in [0.29, 0.717) is 11.6 Å². The van der Waals surface area contributed by atoms with E-state index in [1.165, 1.54) is 12.5 Å². The Morgan fingerprint density at radius 1 is 1.12 bits per heavy atom. The fourth-order valence-electron chi connectivity index (χ4n) is 1.70. The molecule has 0 aliphatic rings. The van der Waals surface area contributed by atoms with Gasteiger partial charge in [0.25, 0.3) is 0 Å². The molecule has 1 heterocycles. The number of hydrogen-bond acceptors (Lipinski definition) is 2. The first-order chi connectivity index (χ1) is 8.13. The largest absolute Gasteiger partial charge is 0.472 e. The second-order valence-electron chi connectivity index (χ2n) is 3.57. The summed E-state index contributed by atoms with van der Waals surface area (Å²) in [5.74, 6) is -3.08. The zero-order chi connectivity index (χ0) is 12.4. The van der Waals surface area contributed by atoms with Gasteiger partial charge in [0.05, 0.1) is 18.6 Å². The molecule has 1 atom stereocenters. The van der Waals surface area contributed by atoms with Gasteiger partial charge < -0.3 is 9.73 Å². The second kappa shape index (κ2) is 4.63. The molecule has 0 spiro atoms. The molecule has 1 aromatic heterocycles. The number of halogens is 3. The maximum Gasteiger partial charge on any atom is 0.161 e. The molecule has 1 unspecified atom stereocenters. The molecule has 0 aliphatic heterocycles. The summed E-state index contributed by atoms with van der Waals surface area (Å²) in [6, 6.07) is 2.43. The highest BCUT2D eigenvalue weighted by Gasteiger charge is 2.19. The first-order valence-electron chi connectivity index (χ1n) is 4.97. The lowest BCUT2D eigenvalue weighted by atomic mass is 10.0. The monoisotopic (exact) mass is 241 g/mol. The second-order valence-corrected chi connectivity index (χ2v) is 3.57. The average Bonchev–Trinajstić information content (AvgIpc) is 2.80. The molecular formula is C12H10F3NO. The van der Waals surface area contributed by atoms with E-state index >= 15 is 0 Å². The van der Waals surface area contributed by atoms with Crippen molar-refractivity contribution in [1.82, 2.24) is 5.32 Å². The molecule has 0 amide bonds. The summed E-state index contributed by atoms with van der Waals surface area (Å²) >= 11 is 0. The smallest absolute Gasteiger partial charge is 0.161 e. The Morgan fingerprint density at radius 2 is 1.82 bits per heavy atom. The summed E-state index contributed by atoms with van der Waals surface area (Å²) in [5.41, 5.74) is 0.671. The van der Waals surface area contributed by atoms with Crippen LogP contribution in [0.15, 0.2) is 35.1 Å². The van der Waals surface area contributed by atoms with Crippen LogP contribution in [0.1, 0.15) is 17.2 Å².